The monoisotopic (exact) mass is 264 g/mol. The number of nitrogens with zero attached hydrogens (tertiary/aromatic N) is 3. The van der Waals surface area contributed by atoms with E-state index in [9.17, 15) is 4.39 Å². The Morgan fingerprint density at radius 1 is 1.26 bits per heavy atom. The van der Waals surface area contributed by atoms with Crippen molar-refractivity contribution < 1.29 is 4.39 Å². The van der Waals surface area contributed by atoms with Gasteiger partial charge in [0.25, 0.3) is 0 Å². The first-order valence-electron chi connectivity index (χ1n) is 7.18. The van der Waals surface area contributed by atoms with Crippen LogP contribution in [0.2, 0.25) is 0 Å². The number of hydrogen-bond donors (Lipinski definition) is 1. The topological polar surface area (TPSA) is 41.1 Å². The SMILES string of the molecule is Cc1ncnc(N2CCNCC23CCCCC3)c1F. The highest BCUT2D eigenvalue weighted by atomic mass is 19.1. The van der Waals surface area contributed by atoms with Crippen molar-refractivity contribution >= 4 is 5.82 Å². The zero-order valence-corrected chi connectivity index (χ0v) is 11.5. The van der Waals surface area contributed by atoms with E-state index in [4.69, 9.17) is 0 Å². The van der Waals surface area contributed by atoms with Gasteiger partial charge in [0.05, 0.1) is 11.2 Å². The molecule has 2 fully saturated rings. The molecule has 1 saturated heterocycles. The van der Waals surface area contributed by atoms with Crippen molar-refractivity contribution in [3.8, 4) is 0 Å². The van der Waals surface area contributed by atoms with Gasteiger partial charge in [-0.15, -0.1) is 0 Å². The Morgan fingerprint density at radius 2 is 2.05 bits per heavy atom. The number of hydrogen-bond acceptors (Lipinski definition) is 4. The Hall–Kier alpha value is -1.23. The van der Waals surface area contributed by atoms with Gasteiger partial charge >= 0.3 is 0 Å². The van der Waals surface area contributed by atoms with E-state index in [1.165, 1.54) is 25.6 Å². The third-order valence-corrected chi connectivity index (χ3v) is 4.52. The van der Waals surface area contributed by atoms with Gasteiger partial charge < -0.3 is 10.2 Å². The molecule has 0 amide bonds. The van der Waals surface area contributed by atoms with Gasteiger partial charge in [0.1, 0.15) is 6.33 Å². The van der Waals surface area contributed by atoms with Crippen LogP contribution in [0.15, 0.2) is 6.33 Å². The summed E-state index contributed by atoms with van der Waals surface area (Å²) in [6, 6.07) is 0. The predicted molar refractivity (Wildman–Crippen MR) is 72.8 cm³/mol. The van der Waals surface area contributed by atoms with E-state index in [0.717, 1.165) is 32.5 Å². The van der Waals surface area contributed by atoms with Gasteiger partial charge in [0.15, 0.2) is 11.6 Å². The molecule has 2 aliphatic rings. The Balaban J connectivity index is 1.98. The Labute approximate surface area is 113 Å². The zero-order chi connectivity index (χ0) is 13.3. The summed E-state index contributed by atoms with van der Waals surface area (Å²) in [6.07, 6.45) is 7.48. The molecule has 0 radical (unpaired) electrons. The van der Waals surface area contributed by atoms with Crippen molar-refractivity contribution in [3.05, 3.63) is 17.8 Å². The third kappa shape index (κ3) is 2.20. The van der Waals surface area contributed by atoms with E-state index in [2.05, 4.69) is 20.2 Å². The second kappa shape index (κ2) is 5.04. The lowest BCUT2D eigenvalue weighted by Crippen LogP contribution is -2.62. The van der Waals surface area contributed by atoms with Crippen LogP contribution in [0.4, 0.5) is 10.2 Å². The van der Waals surface area contributed by atoms with Crippen LogP contribution in [0.1, 0.15) is 37.8 Å². The first kappa shape index (κ1) is 12.8. The molecule has 1 aromatic rings. The van der Waals surface area contributed by atoms with Gasteiger partial charge in [-0.1, -0.05) is 19.3 Å². The van der Waals surface area contributed by atoms with E-state index in [1.54, 1.807) is 6.92 Å². The molecular formula is C14H21FN4. The number of rotatable bonds is 1. The van der Waals surface area contributed by atoms with Crippen LogP contribution in [0.3, 0.4) is 0 Å². The quantitative estimate of drug-likeness (QED) is 0.842. The molecule has 4 nitrogen and oxygen atoms in total. The van der Waals surface area contributed by atoms with E-state index >= 15 is 0 Å². The molecule has 19 heavy (non-hydrogen) atoms. The van der Waals surface area contributed by atoms with Gasteiger partial charge in [-0.05, 0) is 19.8 Å². The summed E-state index contributed by atoms with van der Waals surface area (Å²) < 4.78 is 14.3. The number of anilines is 1. The summed E-state index contributed by atoms with van der Waals surface area (Å²) in [7, 11) is 0. The van der Waals surface area contributed by atoms with E-state index in [1.807, 2.05) is 0 Å². The van der Waals surface area contributed by atoms with E-state index in [-0.39, 0.29) is 11.4 Å². The highest BCUT2D eigenvalue weighted by Crippen LogP contribution is 2.37. The minimum Gasteiger partial charge on any atom is -0.346 e. The number of nitrogens with one attached hydrogen (secondary N) is 1. The van der Waals surface area contributed by atoms with Gasteiger partial charge in [-0.3, -0.25) is 0 Å². The van der Waals surface area contributed by atoms with Crippen molar-refractivity contribution in [2.24, 2.45) is 0 Å². The van der Waals surface area contributed by atoms with Gasteiger partial charge in [0.2, 0.25) is 0 Å². The fraction of sp³-hybridized carbons (Fsp3) is 0.714. The first-order chi connectivity index (χ1) is 9.23. The van der Waals surface area contributed by atoms with Crippen LogP contribution in [0.5, 0.6) is 0 Å². The summed E-state index contributed by atoms with van der Waals surface area (Å²) in [6.45, 7) is 4.36. The predicted octanol–water partition coefficient (Wildman–Crippen LogP) is 2.04. The van der Waals surface area contributed by atoms with Gasteiger partial charge in [-0.25, -0.2) is 14.4 Å². The summed E-state index contributed by atoms with van der Waals surface area (Å²) in [5.41, 5.74) is 0.493. The lowest BCUT2D eigenvalue weighted by molar-refractivity contribution is 0.237. The Kier molecular flexibility index (Phi) is 3.39. The molecule has 1 aromatic heterocycles. The lowest BCUT2D eigenvalue weighted by Gasteiger charge is -2.50. The van der Waals surface area contributed by atoms with Crippen molar-refractivity contribution in [2.75, 3.05) is 24.5 Å². The van der Waals surface area contributed by atoms with Crippen molar-refractivity contribution in [1.82, 2.24) is 15.3 Å². The first-order valence-corrected chi connectivity index (χ1v) is 7.18. The van der Waals surface area contributed by atoms with Gasteiger partial charge in [0, 0.05) is 19.6 Å². The lowest BCUT2D eigenvalue weighted by atomic mass is 9.79. The van der Waals surface area contributed by atoms with Crippen LogP contribution in [-0.2, 0) is 0 Å². The second-order valence-corrected chi connectivity index (χ2v) is 5.71. The van der Waals surface area contributed by atoms with Crippen molar-refractivity contribution in [2.45, 2.75) is 44.6 Å². The normalized spacial score (nSPS) is 22.7. The number of aromatic nitrogens is 2. The standard InChI is InChI=1S/C14H21FN4/c1-11-12(15)13(18-10-17-11)19-8-7-16-9-14(19)5-3-2-4-6-14/h10,16H,2-9H2,1H3. The number of aryl methyl sites for hydroxylation is 1. The Morgan fingerprint density at radius 3 is 2.84 bits per heavy atom. The molecule has 104 valence electrons. The molecule has 0 bridgehead atoms. The van der Waals surface area contributed by atoms with Crippen LogP contribution in [0, 0.1) is 12.7 Å². The summed E-state index contributed by atoms with van der Waals surface area (Å²) in [4.78, 5) is 10.4. The molecule has 1 saturated carbocycles. The minimum atomic E-state index is -0.255. The van der Waals surface area contributed by atoms with E-state index < -0.39 is 0 Å². The van der Waals surface area contributed by atoms with Crippen LogP contribution >= 0.6 is 0 Å². The average molecular weight is 264 g/mol. The molecule has 2 heterocycles. The molecule has 0 atom stereocenters. The zero-order valence-electron chi connectivity index (χ0n) is 11.5. The molecule has 3 rings (SSSR count). The molecule has 0 aromatic carbocycles. The highest BCUT2D eigenvalue weighted by Gasteiger charge is 2.41. The summed E-state index contributed by atoms with van der Waals surface area (Å²) in [5, 5.41) is 3.47. The number of piperazine rings is 1. The largest absolute Gasteiger partial charge is 0.346 e. The minimum absolute atomic E-state index is 0.0537. The molecule has 1 aliphatic heterocycles. The summed E-state index contributed by atoms with van der Waals surface area (Å²) in [5.74, 6) is 0.241. The van der Waals surface area contributed by atoms with E-state index in [0.29, 0.717) is 11.5 Å². The maximum atomic E-state index is 14.3. The molecule has 0 unspecified atom stereocenters. The summed E-state index contributed by atoms with van der Waals surface area (Å²) >= 11 is 0. The third-order valence-electron chi connectivity index (χ3n) is 4.52. The van der Waals surface area contributed by atoms with Gasteiger partial charge in [-0.2, -0.15) is 0 Å². The molecular weight excluding hydrogens is 243 g/mol. The maximum Gasteiger partial charge on any atom is 0.186 e. The Bertz CT molecular complexity index is 448. The van der Waals surface area contributed by atoms with Crippen LogP contribution in [-0.4, -0.2) is 35.1 Å². The average Bonchev–Trinajstić information content (AvgIpc) is 2.44. The molecule has 5 heteroatoms. The number of halogens is 1. The maximum absolute atomic E-state index is 14.3. The van der Waals surface area contributed by atoms with Crippen LogP contribution in [0.25, 0.3) is 0 Å². The highest BCUT2D eigenvalue weighted by molar-refractivity contribution is 5.45. The molecule has 1 spiro atoms. The smallest absolute Gasteiger partial charge is 0.186 e. The van der Waals surface area contributed by atoms with Crippen molar-refractivity contribution in [1.29, 1.82) is 0 Å². The van der Waals surface area contributed by atoms with Crippen LogP contribution < -0.4 is 10.2 Å². The second-order valence-electron chi connectivity index (χ2n) is 5.71. The fourth-order valence-electron chi connectivity index (χ4n) is 3.47. The molecule has 1 aliphatic carbocycles. The molecule has 1 N–H and O–H groups in total. The van der Waals surface area contributed by atoms with Crippen molar-refractivity contribution in [3.63, 3.8) is 0 Å². The fourth-order valence-corrected chi connectivity index (χ4v) is 3.47.